The Morgan fingerprint density at radius 1 is 1.82 bits per heavy atom. The highest BCUT2D eigenvalue weighted by atomic mass is 15.1. The van der Waals surface area contributed by atoms with Crippen LogP contribution in [0.4, 0.5) is 0 Å². The molecule has 1 rings (SSSR count). The first kappa shape index (κ1) is 8.01. The Labute approximate surface area is 66.8 Å². The lowest BCUT2D eigenvalue weighted by Crippen LogP contribution is -2.04. The molecule has 0 amide bonds. The molecule has 0 spiro atoms. The predicted octanol–water partition coefficient (Wildman–Crippen LogP) is 1.01. The van der Waals surface area contributed by atoms with Gasteiger partial charge in [0.1, 0.15) is 5.82 Å². The Morgan fingerprint density at radius 3 is 3.00 bits per heavy atom. The third-order valence-corrected chi connectivity index (χ3v) is 1.52. The molecular formula is C8H13N3. The second kappa shape index (κ2) is 3.34. The quantitative estimate of drug-likeness (QED) is 0.698. The zero-order valence-corrected chi connectivity index (χ0v) is 6.96. The Bertz CT molecular complexity index is 250. The van der Waals surface area contributed by atoms with Crippen molar-refractivity contribution in [2.24, 2.45) is 0 Å². The Kier molecular flexibility index (Phi) is 2.44. The van der Waals surface area contributed by atoms with Gasteiger partial charge in [0.05, 0.1) is 5.69 Å². The van der Waals surface area contributed by atoms with Crippen LogP contribution in [-0.2, 0) is 6.54 Å². The van der Waals surface area contributed by atoms with Crippen LogP contribution < -0.4 is 5.32 Å². The van der Waals surface area contributed by atoms with E-state index in [1.165, 1.54) is 0 Å². The van der Waals surface area contributed by atoms with Gasteiger partial charge in [0.25, 0.3) is 0 Å². The maximum atomic E-state index is 4.30. The van der Waals surface area contributed by atoms with Crippen molar-refractivity contribution in [3.8, 4) is 0 Å². The largest absolute Gasteiger partial charge is 0.314 e. The smallest absolute Gasteiger partial charge is 0.109 e. The van der Waals surface area contributed by atoms with Crippen LogP contribution in [0.25, 0.3) is 6.20 Å². The zero-order chi connectivity index (χ0) is 8.27. The highest BCUT2D eigenvalue weighted by Gasteiger charge is 1.98. The molecule has 1 heterocycles. The number of hydrogen-bond acceptors (Lipinski definition) is 2. The third kappa shape index (κ3) is 1.68. The second-order valence-electron chi connectivity index (χ2n) is 2.40. The summed E-state index contributed by atoms with van der Waals surface area (Å²) in [5.74, 6) is 0.977. The number of hydrogen-bond donors (Lipinski definition) is 1. The van der Waals surface area contributed by atoms with Crippen LogP contribution in [0, 0.1) is 6.92 Å². The van der Waals surface area contributed by atoms with E-state index in [0.717, 1.165) is 18.1 Å². The van der Waals surface area contributed by atoms with Gasteiger partial charge >= 0.3 is 0 Å². The number of aromatic nitrogens is 2. The van der Waals surface area contributed by atoms with Crippen molar-refractivity contribution >= 4 is 6.20 Å². The Hall–Kier alpha value is -1.09. The summed E-state index contributed by atoms with van der Waals surface area (Å²) in [5, 5.41) is 3.04. The van der Waals surface area contributed by atoms with Crippen molar-refractivity contribution in [1.82, 2.24) is 14.9 Å². The van der Waals surface area contributed by atoms with Crippen LogP contribution in [0.15, 0.2) is 12.8 Å². The highest BCUT2D eigenvalue weighted by molar-refractivity contribution is 5.22. The molecule has 0 unspecified atom stereocenters. The van der Waals surface area contributed by atoms with Crippen LogP contribution in [0.1, 0.15) is 11.5 Å². The first-order valence-electron chi connectivity index (χ1n) is 3.59. The van der Waals surface area contributed by atoms with Gasteiger partial charge in [-0.05, 0) is 14.0 Å². The summed E-state index contributed by atoms with van der Waals surface area (Å²) in [4.78, 5) is 4.30. The van der Waals surface area contributed by atoms with Crippen LogP contribution in [0.2, 0.25) is 0 Å². The SMILES string of the molecule is C=Cn1cc(CNC)nc1C. The molecule has 0 fully saturated rings. The summed E-state index contributed by atoms with van der Waals surface area (Å²) >= 11 is 0. The van der Waals surface area contributed by atoms with Gasteiger partial charge in [0, 0.05) is 18.9 Å². The fourth-order valence-electron chi connectivity index (χ4n) is 1.000. The molecule has 3 nitrogen and oxygen atoms in total. The lowest BCUT2D eigenvalue weighted by Gasteiger charge is -1.90. The van der Waals surface area contributed by atoms with Gasteiger partial charge < -0.3 is 9.88 Å². The van der Waals surface area contributed by atoms with Gasteiger partial charge in [-0.15, -0.1) is 0 Å². The molecule has 60 valence electrons. The maximum absolute atomic E-state index is 4.30. The first-order valence-corrected chi connectivity index (χ1v) is 3.59. The second-order valence-corrected chi connectivity index (χ2v) is 2.40. The van der Waals surface area contributed by atoms with Crippen LogP contribution in [-0.4, -0.2) is 16.6 Å². The monoisotopic (exact) mass is 151 g/mol. The van der Waals surface area contributed by atoms with Crippen LogP contribution in [0.3, 0.4) is 0 Å². The van der Waals surface area contributed by atoms with Gasteiger partial charge in [0.15, 0.2) is 0 Å². The van der Waals surface area contributed by atoms with Crippen molar-refractivity contribution in [2.75, 3.05) is 7.05 Å². The standard InChI is InChI=1S/C8H13N3/c1-4-11-6-8(5-9-3)10-7(11)2/h4,6,9H,1,5H2,2-3H3. The average molecular weight is 151 g/mol. The fraction of sp³-hybridized carbons (Fsp3) is 0.375. The van der Waals surface area contributed by atoms with E-state index in [-0.39, 0.29) is 0 Å². The molecule has 0 aromatic carbocycles. The summed E-state index contributed by atoms with van der Waals surface area (Å²) in [5.41, 5.74) is 1.05. The van der Waals surface area contributed by atoms with Crippen LogP contribution in [0.5, 0.6) is 0 Å². The Balaban J connectivity index is 2.86. The summed E-state index contributed by atoms with van der Waals surface area (Å²) in [6, 6.07) is 0. The zero-order valence-electron chi connectivity index (χ0n) is 6.96. The molecule has 1 aromatic heterocycles. The maximum Gasteiger partial charge on any atom is 0.109 e. The number of nitrogens with zero attached hydrogens (tertiary/aromatic N) is 2. The van der Waals surface area contributed by atoms with Crippen molar-refractivity contribution in [2.45, 2.75) is 13.5 Å². The minimum atomic E-state index is 0.807. The summed E-state index contributed by atoms with van der Waals surface area (Å²) in [6.07, 6.45) is 3.72. The van der Waals surface area contributed by atoms with Gasteiger partial charge in [-0.2, -0.15) is 0 Å². The average Bonchev–Trinajstić information content (AvgIpc) is 2.32. The van der Waals surface area contributed by atoms with Crippen molar-refractivity contribution in [3.63, 3.8) is 0 Å². The molecule has 1 N–H and O–H groups in total. The molecular weight excluding hydrogens is 138 g/mol. The topological polar surface area (TPSA) is 29.9 Å². The fourth-order valence-corrected chi connectivity index (χ4v) is 1.000. The lowest BCUT2D eigenvalue weighted by molar-refractivity contribution is 0.795. The molecule has 3 heteroatoms. The molecule has 0 radical (unpaired) electrons. The molecule has 0 atom stereocenters. The van der Waals surface area contributed by atoms with Crippen LogP contribution >= 0.6 is 0 Å². The lowest BCUT2D eigenvalue weighted by atomic mass is 10.5. The van der Waals surface area contributed by atoms with E-state index in [2.05, 4.69) is 16.9 Å². The van der Waals surface area contributed by atoms with E-state index in [1.807, 2.05) is 24.7 Å². The normalized spacial score (nSPS) is 10.0. The molecule has 11 heavy (non-hydrogen) atoms. The summed E-state index contributed by atoms with van der Waals surface area (Å²) < 4.78 is 1.91. The van der Waals surface area contributed by atoms with Gasteiger partial charge in [-0.3, -0.25) is 0 Å². The molecule has 0 saturated heterocycles. The molecule has 0 aliphatic carbocycles. The van der Waals surface area contributed by atoms with Gasteiger partial charge in [-0.25, -0.2) is 4.98 Å². The minimum Gasteiger partial charge on any atom is -0.314 e. The molecule has 0 bridgehead atoms. The van der Waals surface area contributed by atoms with Crippen molar-refractivity contribution in [1.29, 1.82) is 0 Å². The minimum absolute atomic E-state index is 0.807. The van der Waals surface area contributed by atoms with Crippen molar-refractivity contribution in [3.05, 3.63) is 24.3 Å². The number of imidazole rings is 1. The van der Waals surface area contributed by atoms with E-state index in [0.29, 0.717) is 0 Å². The Morgan fingerprint density at radius 2 is 2.55 bits per heavy atom. The molecule has 0 aliphatic rings. The van der Waals surface area contributed by atoms with E-state index in [4.69, 9.17) is 0 Å². The van der Waals surface area contributed by atoms with Crippen molar-refractivity contribution < 1.29 is 0 Å². The number of aryl methyl sites for hydroxylation is 1. The van der Waals surface area contributed by atoms with Gasteiger partial charge in [-0.1, -0.05) is 6.58 Å². The number of nitrogens with one attached hydrogen (secondary N) is 1. The molecule has 0 saturated carbocycles. The summed E-state index contributed by atoms with van der Waals surface area (Å²) in [7, 11) is 1.91. The molecule has 0 aliphatic heterocycles. The third-order valence-electron chi connectivity index (χ3n) is 1.52. The number of rotatable bonds is 3. The predicted molar refractivity (Wildman–Crippen MR) is 46.1 cm³/mol. The van der Waals surface area contributed by atoms with E-state index in [1.54, 1.807) is 6.20 Å². The van der Waals surface area contributed by atoms with E-state index >= 15 is 0 Å². The highest BCUT2D eigenvalue weighted by Crippen LogP contribution is 2.01. The first-order chi connectivity index (χ1) is 5.27. The summed E-state index contributed by atoms with van der Waals surface area (Å²) in [6.45, 7) is 6.43. The molecule has 1 aromatic rings. The van der Waals surface area contributed by atoms with E-state index in [9.17, 15) is 0 Å². The van der Waals surface area contributed by atoms with Gasteiger partial charge in [0.2, 0.25) is 0 Å². The van der Waals surface area contributed by atoms with E-state index < -0.39 is 0 Å².